The molecule has 1 atom stereocenters. The quantitative estimate of drug-likeness (QED) is 0.721. The molecule has 19 heavy (non-hydrogen) atoms. The van der Waals surface area contributed by atoms with Gasteiger partial charge in [0.25, 0.3) is 0 Å². The van der Waals surface area contributed by atoms with Crippen LogP contribution >= 0.6 is 0 Å². The minimum Gasteiger partial charge on any atom is -0.396 e. The minimum atomic E-state index is 0.184. The summed E-state index contributed by atoms with van der Waals surface area (Å²) >= 11 is 0. The molecule has 0 fully saturated rings. The largest absolute Gasteiger partial charge is 0.396 e. The maximum absolute atomic E-state index is 8.93. The molecule has 0 amide bonds. The first-order chi connectivity index (χ1) is 9.09. The van der Waals surface area contributed by atoms with Gasteiger partial charge >= 0.3 is 0 Å². The van der Waals surface area contributed by atoms with Crippen LogP contribution in [-0.2, 0) is 4.74 Å². The highest BCUT2D eigenvalue weighted by Gasteiger charge is 2.20. The van der Waals surface area contributed by atoms with Gasteiger partial charge in [-0.25, -0.2) is 0 Å². The first-order valence-electron chi connectivity index (χ1n) is 6.97. The first kappa shape index (κ1) is 16.2. The van der Waals surface area contributed by atoms with E-state index in [0.717, 1.165) is 19.4 Å². The molecule has 0 aliphatic carbocycles. The molecule has 0 aliphatic heterocycles. The second-order valence-electron chi connectivity index (χ2n) is 5.79. The number of hydrogen-bond acceptors (Lipinski definition) is 3. The normalized spacial score (nSPS) is 13.5. The molecule has 1 aromatic rings. The van der Waals surface area contributed by atoms with E-state index in [1.807, 2.05) is 6.07 Å². The molecule has 0 bridgehead atoms. The summed E-state index contributed by atoms with van der Waals surface area (Å²) in [6.07, 6.45) is 1.87. The molecule has 0 saturated heterocycles. The van der Waals surface area contributed by atoms with Crippen LogP contribution in [0.3, 0.4) is 0 Å². The van der Waals surface area contributed by atoms with Gasteiger partial charge in [-0.05, 0) is 23.8 Å². The monoisotopic (exact) mass is 265 g/mol. The molecule has 1 unspecified atom stereocenters. The Balaban J connectivity index is 2.55. The highest BCUT2D eigenvalue weighted by Crippen LogP contribution is 2.23. The van der Waals surface area contributed by atoms with Gasteiger partial charge < -0.3 is 15.2 Å². The maximum atomic E-state index is 8.93. The van der Waals surface area contributed by atoms with Crippen molar-refractivity contribution < 1.29 is 9.84 Å². The Morgan fingerprint density at radius 3 is 2.53 bits per heavy atom. The fourth-order valence-corrected chi connectivity index (χ4v) is 2.17. The lowest BCUT2D eigenvalue weighted by Gasteiger charge is -2.28. The van der Waals surface area contributed by atoms with E-state index in [1.54, 1.807) is 7.11 Å². The molecule has 0 radical (unpaired) electrons. The van der Waals surface area contributed by atoms with E-state index in [0.29, 0.717) is 6.61 Å². The standard InChI is InChI=1S/C16H27NO2/c1-16(2,10-7-11-18)13-17-15(12-19-3)14-8-5-4-6-9-14/h4-6,8-9,15,17-18H,7,10-13H2,1-3H3. The molecule has 108 valence electrons. The highest BCUT2D eigenvalue weighted by atomic mass is 16.5. The Morgan fingerprint density at radius 2 is 1.95 bits per heavy atom. The van der Waals surface area contributed by atoms with Crippen LogP contribution in [0, 0.1) is 5.41 Å². The smallest absolute Gasteiger partial charge is 0.0657 e. The maximum Gasteiger partial charge on any atom is 0.0657 e. The van der Waals surface area contributed by atoms with Crippen molar-refractivity contribution in [3.63, 3.8) is 0 Å². The van der Waals surface area contributed by atoms with Crippen LogP contribution in [0.4, 0.5) is 0 Å². The minimum absolute atomic E-state index is 0.184. The van der Waals surface area contributed by atoms with Gasteiger partial charge in [-0.15, -0.1) is 0 Å². The van der Waals surface area contributed by atoms with Crippen LogP contribution in [0.15, 0.2) is 30.3 Å². The Bertz CT molecular complexity index is 338. The molecule has 3 nitrogen and oxygen atoms in total. The average Bonchev–Trinajstić information content (AvgIpc) is 2.42. The van der Waals surface area contributed by atoms with Crippen molar-refractivity contribution in [2.24, 2.45) is 5.41 Å². The van der Waals surface area contributed by atoms with E-state index in [-0.39, 0.29) is 18.1 Å². The lowest BCUT2D eigenvalue weighted by atomic mass is 9.87. The Hall–Kier alpha value is -0.900. The molecule has 0 aliphatic rings. The van der Waals surface area contributed by atoms with Crippen LogP contribution in [-0.4, -0.2) is 32.0 Å². The van der Waals surface area contributed by atoms with E-state index in [9.17, 15) is 0 Å². The van der Waals surface area contributed by atoms with Gasteiger partial charge in [0.05, 0.1) is 12.6 Å². The lowest BCUT2D eigenvalue weighted by molar-refractivity contribution is 0.156. The van der Waals surface area contributed by atoms with Crippen molar-refractivity contribution in [2.75, 3.05) is 26.9 Å². The average molecular weight is 265 g/mol. The van der Waals surface area contributed by atoms with Crippen molar-refractivity contribution in [3.8, 4) is 0 Å². The summed E-state index contributed by atoms with van der Waals surface area (Å²) < 4.78 is 5.30. The van der Waals surface area contributed by atoms with E-state index in [4.69, 9.17) is 9.84 Å². The van der Waals surface area contributed by atoms with Crippen LogP contribution in [0.5, 0.6) is 0 Å². The SMILES string of the molecule is COCC(NCC(C)(C)CCCO)c1ccccc1. The van der Waals surface area contributed by atoms with Crippen LogP contribution in [0.25, 0.3) is 0 Å². The molecule has 0 spiro atoms. The molecule has 1 rings (SSSR count). The molecule has 0 heterocycles. The molecule has 1 aromatic carbocycles. The summed E-state index contributed by atoms with van der Waals surface area (Å²) in [5.41, 5.74) is 1.44. The summed E-state index contributed by atoms with van der Waals surface area (Å²) in [7, 11) is 1.73. The summed E-state index contributed by atoms with van der Waals surface area (Å²) in [4.78, 5) is 0. The zero-order valence-electron chi connectivity index (χ0n) is 12.4. The van der Waals surface area contributed by atoms with Crippen molar-refractivity contribution in [2.45, 2.75) is 32.7 Å². The third kappa shape index (κ3) is 6.19. The van der Waals surface area contributed by atoms with Gasteiger partial charge in [-0.3, -0.25) is 0 Å². The van der Waals surface area contributed by atoms with Gasteiger partial charge in [0.15, 0.2) is 0 Å². The Kier molecular flexibility index (Phi) is 7.06. The van der Waals surface area contributed by atoms with Gasteiger partial charge in [0.2, 0.25) is 0 Å². The van der Waals surface area contributed by atoms with E-state index in [1.165, 1.54) is 5.56 Å². The van der Waals surface area contributed by atoms with Crippen LogP contribution < -0.4 is 5.32 Å². The topological polar surface area (TPSA) is 41.5 Å². The third-order valence-corrected chi connectivity index (χ3v) is 3.37. The number of benzene rings is 1. The zero-order chi connectivity index (χ0) is 14.1. The van der Waals surface area contributed by atoms with Gasteiger partial charge in [0, 0.05) is 20.3 Å². The zero-order valence-corrected chi connectivity index (χ0v) is 12.4. The molecule has 0 aromatic heterocycles. The second-order valence-corrected chi connectivity index (χ2v) is 5.79. The number of nitrogens with one attached hydrogen (secondary N) is 1. The molecular weight excluding hydrogens is 238 g/mol. The van der Waals surface area contributed by atoms with Crippen LogP contribution in [0.1, 0.15) is 38.3 Å². The summed E-state index contributed by atoms with van der Waals surface area (Å²) in [6, 6.07) is 10.6. The van der Waals surface area contributed by atoms with Gasteiger partial charge in [0.1, 0.15) is 0 Å². The first-order valence-corrected chi connectivity index (χ1v) is 6.97. The van der Waals surface area contributed by atoms with Crippen molar-refractivity contribution in [1.29, 1.82) is 0 Å². The van der Waals surface area contributed by atoms with Crippen molar-refractivity contribution in [1.82, 2.24) is 5.32 Å². The predicted octanol–water partition coefficient (Wildman–Crippen LogP) is 2.76. The van der Waals surface area contributed by atoms with E-state index < -0.39 is 0 Å². The number of methoxy groups -OCH3 is 1. The number of hydrogen-bond donors (Lipinski definition) is 2. The van der Waals surface area contributed by atoms with Gasteiger partial charge in [-0.2, -0.15) is 0 Å². The summed E-state index contributed by atoms with van der Waals surface area (Å²) in [6.45, 7) is 6.30. The fourth-order valence-electron chi connectivity index (χ4n) is 2.17. The Labute approximate surface area is 117 Å². The highest BCUT2D eigenvalue weighted by molar-refractivity contribution is 5.19. The number of rotatable bonds is 9. The fraction of sp³-hybridized carbons (Fsp3) is 0.625. The molecular formula is C16H27NO2. The number of aliphatic hydroxyl groups is 1. The summed E-state index contributed by atoms with van der Waals surface area (Å²) in [5.74, 6) is 0. The van der Waals surface area contributed by atoms with Gasteiger partial charge in [-0.1, -0.05) is 44.2 Å². The van der Waals surface area contributed by atoms with E-state index >= 15 is 0 Å². The Morgan fingerprint density at radius 1 is 1.26 bits per heavy atom. The number of aliphatic hydroxyl groups excluding tert-OH is 1. The predicted molar refractivity (Wildman–Crippen MR) is 79.2 cm³/mol. The van der Waals surface area contributed by atoms with Crippen molar-refractivity contribution >= 4 is 0 Å². The third-order valence-electron chi connectivity index (χ3n) is 3.37. The summed E-state index contributed by atoms with van der Waals surface area (Å²) in [5, 5.41) is 12.5. The van der Waals surface area contributed by atoms with Crippen molar-refractivity contribution in [3.05, 3.63) is 35.9 Å². The lowest BCUT2D eigenvalue weighted by Crippen LogP contribution is -2.34. The second kappa shape index (κ2) is 8.31. The number of ether oxygens (including phenoxy) is 1. The van der Waals surface area contributed by atoms with Crippen LogP contribution in [0.2, 0.25) is 0 Å². The molecule has 3 heteroatoms. The molecule has 2 N–H and O–H groups in total. The van der Waals surface area contributed by atoms with E-state index in [2.05, 4.69) is 43.4 Å². The molecule has 0 saturated carbocycles.